The zero-order valence-electron chi connectivity index (χ0n) is 9.74. The molecule has 17 heavy (non-hydrogen) atoms. The summed E-state index contributed by atoms with van der Waals surface area (Å²) in [6.45, 7) is 4.51. The van der Waals surface area contributed by atoms with Gasteiger partial charge in [-0.2, -0.15) is 0 Å². The number of ether oxygens (including phenoxy) is 1. The number of nitrogens with one attached hydrogen (secondary N) is 1. The summed E-state index contributed by atoms with van der Waals surface area (Å²) in [6, 6.07) is 3.83. The molecule has 0 aliphatic carbocycles. The average molecular weight is 264 g/mol. The number of hydrogen-bond acceptors (Lipinski definition) is 2. The van der Waals surface area contributed by atoms with E-state index in [1.807, 2.05) is 13.8 Å². The first-order valence-corrected chi connectivity index (χ1v) is 5.40. The molecule has 1 fully saturated rings. The maximum atomic E-state index is 13.1. The smallest absolute Gasteiger partial charge is 0.126 e. The number of halogens is 3. The third-order valence-corrected chi connectivity index (χ3v) is 2.74. The minimum absolute atomic E-state index is 0. The van der Waals surface area contributed by atoms with E-state index in [-0.39, 0.29) is 30.6 Å². The lowest BCUT2D eigenvalue weighted by Crippen LogP contribution is -2.47. The van der Waals surface area contributed by atoms with Crippen LogP contribution in [0.2, 0.25) is 0 Å². The molecule has 1 heterocycles. The van der Waals surface area contributed by atoms with E-state index in [2.05, 4.69) is 5.32 Å². The van der Waals surface area contributed by atoms with Crippen molar-refractivity contribution in [3.05, 3.63) is 35.4 Å². The zero-order valence-corrected chi connectivity index (χ0v) is 10.6. The molecule has 1 saturated heterocycles. The Bertz CT molecular complexity index is 369. The predicted octanol–water partition coefficient (Wildman–Crippen LogP) is 2.82. The van der Waals surface area contributed by atoms with E-state index >= 15 is 0 Å². The van der Waals surface area contributed by atoms with Crippen molar-refractivity contribution in [2.75, 3.05) is 6.61 Å². The summed E-state index contributed by atoms with van der Waals surface area (Å²) in [5.74, 6) is -1.13. The summed E-state index contributed by atoms with van der Waals surface area (Å²) in [4.78, 5) is 0. The highest BCUT2D eigenvalue weighted by Crippen LogP contribution is 2.26. The molecular weight excluding hydrogens is 248 g/mol. The second kappa shape index (κ2) is 5.76. The lowest BCUT2D eigenvalue weighted by Gasteiger charge is -2.34. The molecule has 1 N–H and O–H groups in total. The van der Waals surface area contributed by atoms with Crippen LogP contribution in [0.4, 0.5) is 8.78 Å². The van der Waals surface area contributed by atoms with Gasteiger partial charge in [-0.05, 0) is 31.5 Å². The van der Waals surface area contributed by atoms with Gasteiger partial charge in [-0.3, -0.25) is 0 Å². The normalized spacial score (nSPS) is 28.6. The summed E-state index contributed by atoms with van der Waals surface area (Å²) < 4.78 is 31.7. The van der Waals surface area contributed by atoms with Gasteiger partial charge in [-0.1, -0.05) is 0 Å². The van der Waals surface area contributed by atoms with Crippen LogP contribution in [0.15, 0.2) is 18.2 Å². The highest BCUT2D eigenvalue weighted by atomic mass is 35.5. The molecule has 1 aliphatic heterocycles. The van der Waals surface area contributed by atoms with Gasteiger partial charge >= 0.3 is 0 Å². The topological polar surface area (TPSA) is 21.3 Å². The Hall–Kier alpha value is -0.710. The first-order valence-electron chi connectivity index (χ1n) is 5.40. The largest absolute Gasteiger partial charge is 0.370 e. The highest BCUT2D eigenvalue weighted by Gasteiger charge is 2.27. The Morgan fingerprint density at radius 2 is 1.76 bits per heavy atom. The van der Waals surface area contributed by atoms with Gasteiger partial charge in [0.05, 0.1) is 12.7 Å². The van der Waals surface area contributed by atoms with Gasteiger partial charge in [0, 0.05) is 18.2 Å². The number of benzene rings is 1. The molecule has 1 aliphatic rings. The van der Waals surface area contributed by atoms with Crippen molar-refractivity contribution in [2.24, 2.45) is 0 Å². The zero-order chi connectivity index (χ0) is 11.7. The first kappa shape index (κ1) is 14.4. The average Bonchev–Trinajstić information content (AvgIpc) is 2.15. The van der Waals surface area contributed by atoms with Gasteiger partial charge in [0.2, 0.25) is 0 Å². The summed E-state index contributed by atoms with van der Waals surface area (Å²) in [7, 11) is 0. The number of hydrogen-bond donors (Lipinski definition) is 1. The van der Waals surface area contributed by atoms with Gasteiger partial charge in [0.15, 0.2) is 0 Å². The molecule has 0 bridgehead atoms. The van der Waals surface area contributed by atoms with Crippen LogP contribution in [0.5, 0.6) is 0 Å². The lowest BCUT2D eigenvalue weighted by molar-refractivity contribution is -0.0209. The van der Waals surface area contributed by atoms with Crippen LogP contribution < -0.4 is 5.32 Å². The molecule has 0 aromatic heterocycles. The van der Waals surface area contributed by atoms with Crippen LogP contribution in [0.3, 0.4) is 0 Å². The van der Waals surface area contributed by atoms with Gasteiger partial charge in [0.1, 0.15) is 11.6 Å². The predicted molar refractivity (Wildman–Crippen MR) is 64.4 cm³/mol. The van der Waals surface area contributed by atoms with Crippen LogP contribution in [-0.2, 0) is 4.74 Å². The molecule has 0 spiro atoms. The second-order valence-corrected chi connectivity index (χ2v) is 4.31. The first-order chi connectivity index (χ1) is 7.56. The third-order valence-electron chi connectivity index (χ3n) is 2.74. The van der Waals surface area contributed by atoms with Gasteiger partial charge in [-0.25, -0.2) is 8.78 Å². The summed E-state index contributed by atoms with van der Waals surface area (Å²) in [5.41, 5.74) is 0.546. The molecule has 0 amide bonds. The van der Waals surface area contributed by atoms with Crippen LogP contribution in [0.1, 0.15) is 25.5 Å². The fourth-order valence-corrected chi connectivity index (χ4v) is 2.10. The van der Waals surface area contributed by atoms with E-state index in [1.165, 1.54) is 12.1 Å². The van der Waals surface area contributed by atoms with E-state index < -0.39 is 11.6 Å². The Morgan fingerprint density at radius 3 is 2.29 bits per heavy atom. The van der Waals surface area contributed by atoms with Crippen LogP contribution in [0.25, 0.3) is 0 Å². The summed E-state index contributed by atoms with van der Waals surface area (Å²) >= 11 is 0. The van der Waals surface area contributed by atoms with E-state index in [0.717, 1.165) is 6.07 Å². The van der Waals surface area contributed by atoms with Crippen molar-refractivity contribution in [1.29, 1.82) is 0 Å². The molecule has 3 unspecified atom stereocenters. The standard InChI is InChI=1S/C12H15F2NO.ClH/c1-7-6-16-12(8(2)15-7)9-3-10(13)5-11(14)4-9;/h3-5,7-8,12,15H,6H2,1-2H3;1H. The van der Waals surface area contributed by atoms with Gasteiger partial charge in [0.25, 0.3) is 0 Å². The van der Waals surface area contributed by atoms with Crippen molar-refractivity contribution in [2.45, 2.75) is 32.0 Å². The fraction of sp³-hybridized carbons (Fsp3) is 0.500. The fourth-order valence-electron chi connectivity index (χ4n) is 2.10. The van der Waals surface area contributed by atoms with Crippen LogP contribution in [0, 0.1) is 11.6 Å². The molecule has 2 rings (SSSR count). The second-order valence-electron chi connectivity index (χ2n) is 4.31. The Kier molecular flexibility index (Phi) is 4.86. The van der Waals surface area contributed by atoms with E-state index in [4.69, 9.17) is 4.74 Å². The molecule has 3 atom stereocenters. The Labute approximate surface area is 106 Å². The van der Waals surface area contributed by atoms with Crippen molar-refractivity contribution in [3.8, 4) is 0 Å². The molecule has 1 aromatic carbocycles. The SMILES string of the molecule is CC1COC(c2cc(F)cc(F)c2)C(C)N1.Cl. The molecule has 2 nitrogen and oxygen atoms in total. The lowest BCUT2D eigenvalue weighted by atomic mass is 10.0. The Balaban J connectivity index is 0.00000144. The maximum absolute atomic E-state index is 13.1. The number of morpholine rings is 1. The minimum atomic E-state index is -0.565. The summed E-state index contributed by atoms with van der Waals surface area (Å²) in [5, 5.41) is 3.30. The van der Waals surface area contributed by atoms with E-state index in [9.17, 15) is 8.78 Å². The van der Waals surface area contributed by atoms with Gasteiger partial charge in [-0.15, -0.1) is 12.4 Å². The van der Waals surface area contributed by atoms with Crippen molar-refractivity contribution < 1.29 is 13.5 Å². The van der Waals surface area contributed by atoms with Crippen LogP contribution in [-0.4, -0.2) is 18.7 Å². The van der Waals surface area contributed by atoms with E-state index in [1.54, 1.807) is 0 Å². The highest BCUT2D eigenvalue weighted by molar-refractivity contribution is 5.85. The monoisotopic (exact) mass is 263 g/mol. The molecule has 0 radical (unpaired) electrons. The summed E-state index contributed by atoms with van der Waals surface area (Å²) in [6.07, 6.45) is -0.290. The molecule has 96 valence electrons. The molecule has 1 aromatic rings. The number of rotatable bonds is 1. The van der Waals surface area contributed by atoms with Gasteiger partial charge < -0.3 is 10.1 Å². The van der Waals surface area contributed by atoms with E-state index in [0.29, 0.717) is 12.2 Å². The molecule has 0 saturated carbocycles. The Morgan fingerprint density at radius 1 is 1.18 bits per heavy atom. The van der Waals surface area contributed by atoms with Crippen molar-refractivity contribution >= 4 is 12.4 Å². The molecule has 5 heteroatoms. The maximum Gasteiger partial charge on any atom is 0.126 e. The minimum Gasteiger partial charge on any atom is -0.370 e. The van der Waals surface area contributed by atoms with Crippen molar-refractivity contribution in [3.63, 3.8) is 0 Å². The van der Waals surface area contributed by atoms with Crippen molar-refractivity contribution in [1.82, 2.24) is 5.32 Å². The molecular formula is C12H16ClF2NO. The van der Waals surface area contributed by atoms with Crippen LogP contribution >= 0.6 is 12.4 Å². The third kappa shape index (κ3) is 3.37. The quantitative estimate of drug-likeness (QED) is 0.841.